The van der Waals surface area contributed by atoms with E-state index in [1.807, 2.05) is 36.4 Å². The van der Waals surface area contributed by atoms with Gasteiger partial charge in [0, 0.05) is 22.5 Å². The Balaban J connectivity index is 1.61. The molecule has 0 fully saturated rings. The zero-order chi connectivity index (χ0) is 27.3. The van der Waals surface area contributed by atoms with Gasteiger partial charge in [-0.2, -0.15) is 0 Å². The molecule has 1 aliphatic carbocycles. The lowest BCUT2D eigenvalue weighted by Crippen LogP contribution is -2.38. The number of allylic oxidation sites excluding steroid dienone is 1. The number of carbonyl (C=O) groups excluding carboxylic acids is 1. The standard InChI is InChI=1S/C30H22Br2N2O4S/c1-16(35)38-28-19(13-20(31)15-24(28)32)14-25-29(36)34-27(18-7-10-21(37-2)11-8-18)23-12-9-17-5-3-4-6-22(17)26(23)33-30(34)39-25/h3-8,10-11,13-15,27H,9,12H2,1-2H3/b25-14+/t27-/m0/s1. The van der Waals surface area contributed by atoms with E-state index in [0.717, 1.165) is 45.5 Å². The third-order valence-electron chi connectivity index (χ3n) is 6.87. The molecule has 1 aliphatic heterocycles. The maximum Gasteiger partial charge on any atom is 0.308 e. The predicted octanol–water partition coefficient (Wildman–Crippen LogP) is 5.78. The van der Waals surface area contributed by atoms with E-state index in [2.05, 4.69) is 50.1 Å². The highest BCUT2D eigenvalue weighted by atomic mass is 79.9. The highest BCUT2D eigenvalue weighted by molar-refractivity contribution is 9.11. The van der Waals surface area contributed by atoms with E-state index in [0.29, 0.717) is 25.1 Å². The van der Waals surface area contributed by atoms with Gasteiger partial charge in [0.05, 0.1) is 27.9 Å². The normalized spacial score (nSPS) is 16.2. The third kappa shape index (κ3) is 4.73. The quantitative estimate of drug-likeness (QED) is 0.205. The molecule has 1 aromatic heterocycles. The van der Waals surface area contributed by atoms with Gasteiger partial charge in [-0.1, -0.05) is 63.7 Å². The monoisotopic (exact) mass is 664 g/mol. The Kier molecular flexibility index (Phi) is 6.91. The molecule has 4 aromatic rings. The molecule has 0 saturated carbocycles. The van der Waals surface area contributed by atoms with E-state index in [-0.39, 0.29) is 11.6 Å². The van der Waals surface area contributed by atoms with Gasteiger partial charge in [-0.25, -0.2) is 4.99 Å². The SMILES string of the molecule is COc1ccc([C@H]2C3=C(N=c4s/c(=C/c5cc(Br)cc(Br)c5OC(C)=O)c(=O)n42)c2ccccc2CC3)cc1. The minimum Gasteiger partial charge on any atom is -0.497 e. The molecule has 2 aliphatic rings. The second kappa shape index (κ2) is 10.4. The Hall–Kier alpha value is -3.27. The maximum atomic E-state index is 14.1. The Bertz CT molecular complexity index is 1860. The van der Waals surface area contributed by atoms with Gasteiger partial charge in [-0.15, -0.1) is 0 Å². The van der Waals surface area contributed by atoms with Crippen molar-refractivity contribution in [2.45, 2.75) is 25.8 Å². The third-order valence-corrected chi connectivity index (χ3v) is 8.90. The fourth-order valence-electron chi connectivity index (χ4n) is 5.19. The van der Waals surface area contributed by atoms with Gasteiger partial charge in [0.1, 0.15) is 5.75 Å². The summed E-state index contributed by atoms with van der Waals surface area (Å²) in [6.07, 6.45) is 3.46. The number of halogens is 2. The first-order valence-corrected chi connectivity index (χ1v) is 14.7. The number of methoxy groups -OCH3 is 1. The number of thiazole rings is 1. The van der Waals surface area contributed by atoms with Crippen molar-refractivity contribution in [3.63, 3.8) is 0 Å². The molecule has 0 bridgehead atoms. The van der Waals surface area contributed by atoms with Crippen molar-refractivity contribution in [1.29, 1.82) is 0 Å². The van der Waals surface area contributed by atoms with Crippen LogP contribution in [0.5, 0.6) is 11.5 Å². The molecule has 2 heterocycles. The fourth-order valence-corrected chi connectivity index (χ4v) is 7.52. The van der Waals surface area contributed by atoms with E-state index < -0.39 is 5.97 Å². The summed E-state index contributed by atoms with van der Waals surface area (Å²) in [5, 5.41) is 0. The summed E-state index contributed by atoms with van der Waals surface area (Å²) in [4.78, 5) is 31.6. The van der Waals surface area contributed by atoms with E-state index >= 15 is 0 Å². The van der Waals surface area contributed by atoms with Crippen LogP contribution in [0.2, 0.25) is 0 Å². The van der Waals surface area contributed by atoms with Gasteiger partial charge in [-0.05, 0) is 75.8 Å². The molecule has 1 atom stereocenters. The average molecular weight is 666 g/mol. The first-order chi connectivity index (χ1) is 18.8. The molecule has 6 nitrogen and oxygen atoms in total. The van der Waals surface area contributed by atoms with Gasteiger partial charge in [0.2, 0.25) is 0 Å². The Morgan fingerprint density at radius 1 is 1.10 bits per heavy atom. The zero-order valence-electron chi connectivity index (χ0n) is 21.0. The molecule has 0 spiro atoms. The van der Waals surface area contributed by atoms with Crippen molar-refractivity contribution in [2.24, 2.45) is 4.99 Å². The lowest BCUT2D eigenvalue weighted by molar-refractivity contribution is -0.131. The first-order valence-electron chi connectivity index (χ1n) is 12.3. The minimum atomic E-state index is -0.444. The number of fused-ring (bicyclic) bond motifs is 3. The van der Waals surface area contributed by atoms with Crippen LogP contribution in [0.1, 0.15) is 41.6 Å². The molecule has 6 rings (SSSR count). The summed E-state index contributed by atoms with van der Waals surface area (Å²) in [6.45, 7) is 1.35. The molecular formula is C30H22Br2N2O4S. The van der Waals surface area contributed by atoms with Crippen molar-refractivity contribution >= 4 is 60.9 Å². The summed E-state index contributed by atoms with van der Waals surface area (Å²) in [6, 6.07) is 19.5. The molecule has 0 unspecified atom stereocenters. The second-order valence-electron chi connectivity index (χ2n) is 9.29. The lowest BCUT2D eigenvalue weighted by Gasteiger charge is -2.30. The van der Waals surface area contributed by atoms with Crippen LogP contribution < -0.4 is 24.4 Å². The number of nitrogens with zero attached hydrogens (tertiary/aromatic N) is 2. The van der Waals surface area contributed by atoms with Crippen LogP contribution in [0.25, 0.3) is 11.8 Å². The summed E-state index contributed by atoms with van der Waals surface area (Å²) in [5.41, 5.74) is 5.90. The number of benzene rings is 3. The molecule has 39 heavy (non-hydrogen) atoms. The lowest BCUT2D eigenvalue weighted by atomic mass is 9.83. The van der Waals surface area contributed by atoms with Crippen LogP contribution in [-0.2, 0) is 11.2 Å². The minimum absolute atomic E-state index is 0.144. The molecule has 0 saturated heterocycles. The smallest absolute Gasteiger partial charge is 0.308 e. The molecule has 0 radical (unpaired) electrons. The fraction of sp³-hybridized carbons (Fsp3) is 0.167. The van der Waals surface area contributed by atoms with E-state index in [1.165, 1.54) is 23.8 Å². The zero-order valence-corrected chi connectivity index (χ0v) is 25.0. The number of carbonyl (C=O) groups is 1. The van der Waals surface area contributed by atoms with Gasteiger partial charge in [0.15, 0.2) is 10.6 Å². The number of hydrogen-bond acceptors (Lipinski definition) is 6. The molecule has 3 aromatic carbocycles. The molecule has 9 heteroatoms. The van der Waals surface area contributed by atoms with Crippen LogP contribution in [0.4, 0.5) is 0 Å². The van der Waals surface area contributed by atoms with Crippen molar-refractivity contribution in [3.05, 3.63) is 117 Å². The van der Waals surface area contributed by atoms with Crippen LogP contribution in [0.3, 0.4) is 0 Å². The average Bonchev–Trinajstić information content (AvgIpc) is 3.23. The molecular weight excluding hydrogens is 644 g/mol. The molecule has 0 N–H and O–H groups in total. The number of esters is 1. The van der Waals surface area contributed by atoms with Crippen molar-refractivity contribution < 1.29 is 14.3 Å². The van der Waals surface area contributed by atoms with Gasteiger partial charge >= 0.3 is 5.97 Å². The summed E-state index contributed by atoms with van der Waals surface area (Å²) < 4.78 is 14.6. The predicted molar refractivity (Wildman–Crippen MR) is 159 cm³/mol. The number of ether oxygens (including phenoxy) is 2. The Morgan fingerprint density at radius 3 is 2.62 bits per heavy atom. The van der Waals surface area contributed by atoms with Crippen LogP contribution in [0.15, 0.2) is 85.0 Å². The summed E-state index contributed by atoms with van der Waals surface area (Å²) >= 11 is 8.32. The Morgan fingerprint density at radius 2 is 1.87 bits per heavy atom. The highest BCUT2D eigenvalue weighted by Crippen LogP contribution is 2.41. The highest BCUT2D eigenvalue weighted by Gasteiger charge is 2.32. The van der Waals surface area contributed by atoms with Crippen molar-refractivity contribution in [3.8, 4) is 11.5 Å². The van der Waals surface area contributed by atoms with Crippen molar-refractivity contribution in [2.75, 3.05) is 7.11 Å². The van der Waals surface area contributed by atoms with E-state index in [1.54, 1.807) is 23.8 Å². The van der Waals surface area contributed by atoms with E-state index in [9.17, 15) is 9.59 Å². The van der Waals surface area contributed by atoms with Crippen LogP contribution in [-0.4, -0.2) is 17.6 Å². The Labute approximate surface area is 245 Å². The van der Waals surface area contributed by atoms with E-state index in [4.69, 9.17) is 14.5 Å². The van der Waals surface area contributed by atoms with Crippen molar-refractivity contribution in [1.82, 2.24) is 4.57 Å². The maximum absolute atomic E-state index is 14.1. The number of aryl methyl sites for hydroxylation is 1. The van der Waals surface area contributed by atoms with Crippen LogP contribution in [0, 0.1) is 0 Å². The van der Waals surface area contributed by atoms with Crippen LogP contribution >= 0.6 is 43.2 Å². The van der Waals surface area contributed by atoms with Gasteiger partial charge < -0.3 is 9.47 Å². The number of aromatic nitrogens is 1. The summed E-state index contributed by atoms with van der Waals surface area (Å²) in [7, 11) is 1.64. The first kappa shape index (κ1) is 26.0. The number of rotatable bonds is 4. The topological polar surface area (TPSA) is 69.9 Å². The molecule has 0 amide bonds. The largest absolute Gasteiger partial charge is 0.497 e. The molecule has 196 valence electrons. The summed E-state index contributed by atoms with van der Waals surface area (Å²) in [5.74, 6) is 0.670. The number of hydrogen-bond donors (Lipinski definition) is 0. The second-order valence-corrected chi connectivity index (χ2v) is 12.1. The van der Waals surface area contributed by atoms with Gasteiger partial charge in [-0.3, -0.25) is 14.2 Å². The van der Waals surface area contributed by atoms with Gasteiger partial charge in [0.25, 0.3) is 5.56 Å².